The molecule has 3 heterocycles. The summed E-state index contributed by atoms with van der Waals surface area (Å²) in [4.78, 5) is 19.6. The summed E-state index contributed by atoms with van der Waals surface area (Å²) in [6.07, 6.45) is 3.20. The van der Waals surface area contributed by atoms with Crippen molar-refractivity contribution in [2.45, 2.75) is 52.5 Å². The Morgan fingerprint density at radius 2 is 2.00 bits per heavy atom. The zero-order valence-electron chi connectivity index (χ0n) is 17.9. The van der Waals surface area contributed by atoms with E-state index < -0.39 is 0 Å². The largest absolute Gasteiger partial charge is 0.479 e. The minimum atomic E-state index is 0. The zero-order valence-corrected chi connectivity index (χ0v) is 19.5. The molecule has 2 aromatic rings. The summed E-state index contributed by atoms with van der Waals surface area (Å²) in [5.41, 5.74) is 9.88. The van der Waals surface area contributed by atoms with E-state index in [1.807, 2.05) is 18.9 Å². The molecule has 2 unspecified atom stereocenters. The van der Waals surface area contributed by atoms with Crippen LogP contribution in [-0.4, -0.2) is 51.8 Å². The van der Waals surface area contributed by atoms with Crippen molar-refractivity contribution in [3.8, 4) is 5.88 Å². The van der Waals surface area contributed by atoms with Crippen molar-refractivity contribution in [1.29, 1.82) is 0 Å². The molecule has 0 bridgehead atoms. The highest BCUT2D eigenvalue weighted by Crippen LogP contribution is 2.31. The van der Waals surface area contributed by atoms with E-state index >= 15 is 0 Å². The molecule has 0 aromatic carbocycles. The standard InChI is InChI=1S/C20H31N5O2.2ClH/c1-12-8-9-25(15(10-12)11-21)17(26)7-6-16-13(2)18-19(22-14(16)3)24(4)23-20(18)27-5;;/h12,15H,6-11,21H2,1-5H3;2*1H. The third-order valence-electron chi connectivity index (χ3n) is 5.88. The van der Waals surface area contributed by atoms with Gasteiger partial charge in [-0.15, -0.1) is 29.9 Å². The maximum atomic E-state index is 12.9. The first-order chi connectivity index (χ1) is 12.9. The first-order valence-corrected chi connectivity index (χ1v) is 9.73. The summed E-state index contributed by atoms with van der Waals surface area (Å²) >= 11 is 0. The monoisotopic (exact) mass is 445 g/mol. The fourth-order valence-corrected chi connectivity index (χ4v) is 4.29. The van der Waals surface area contributed by atoms with Gasteiger partial charge in [-0.3, -0.25) is 4.79 Å². The van der Waals surface area contributed by atoms with Crippen molar-refractivity contribution in [3.63, 3.8) is 0 Å². The number of halogens is 2. The van der Waals surface area contributed by atoms with Gasteiger partial charge >= 0.3 is 0 Å². The molecular weight excluding hydrogens is 413 g/mol. The molecule has 1 aliphatic heterocycles. The number of carbonyl (C=O) groups is 1. The minimum absolute atomic E-state index is 0. The number of hydrogen-bond donors (Lipinski definition) is 1. The number of fused-ring (bicyclic) bond motifs is 1. The molecule has 3 rings (SSSR count). The highest BCUT2D eigenvalue weighted by molar-refractivity contribution is 5.86. The SMILES string of the molecule is COc1nn(C)c2nc(C)c(CCC(=O)N3CCC(C)CC3CN)c(C)c12.Cl.Cl. The lowest BCUT2D eigenvalue weighted by Crippen LogP contribution is -2.49. The number of rotatable bonds is 5. The molecular formula is C20H33Cl2N5O2. The molecule has 0 spiro atoms. The topological polar surface area (TPSA) is 86.3 Å². The number of nitrogens with two attached hydrogens (primary N) is 1. The average Bonchev–Trinajstić information content (AvgIpc) is 2.97. The van der Waals surface area contributed by atoms with Crippen LogP contribution >= 0.6 is 24.8 Å². The van der Waals surface area contributed by atoms with Gasteiger partial charge in [-0.05, 0) is 50.2 Å². The summed E-state index contributed by atoms with van der Waals surface area (Å²) in [5.74, 6) is 1.41. The van der Waals surface area contributed by atoms with Crippen LogP contribution in [0.1, 0.15) is 43.0 Å². The van der Waals surface area contributed by atoms with E-state index in [4.69, 9.17) is 15.5 Å². The summed E-state index contributed by atoms with van der Waals surface area (Å²) < 4.78 is 7.16. The van der Waals surface area contributed by atoms with Gasteiger partial charge in [0.15, 0.2) is 5.65 Å². The quantitative estimate of drug-likeness (QED) is 0.763. The van der Waals surface area contributed by atoms with Crippen LogP contribution in [0.15, 0.2) is 0 Å². The molecule has 1 aliphatic rings. The lowest BCUT2D eigenvalue weighted by molar-refractivity contribution is -0.135. The van der Waals surface area contributed by atoms with E-state index in [1.165, 1.54) is 0 Å². The van der Waals surface area contributed by atoms with Gasteiger partial charge in [0.25, 0.3) is 0 Å². The number of carbonyl (C=O) groups excluding carboxylic acids is 1. The lowest BCUT2D eigenvalue weighted by Gasteiger charge is -2.38. The molecule has 1 saturated heterocycles. The van der Waals surface area contributed by atoms with Crippen LogP contribution in [-0.2, 0) is 18.3 Å². The van der Waals surface area contributed by atoms with Crippen molar-refractivity contribution in [3.05, 3.63) is 16.8 Å². The molecule has 7 nitrogen and oxygen atoms in total. The predicted octanol–water partition coefficient (Wildman–Crippen LogP) is 2.96. The van der Waals surface area contributed by atoms with E-state index in [-0.39, 0.29) is 36.8 Å². The summed E-state index contributed by atoms with van der Waals surface area (Å²) in [6, 6.07) is 0.169. The first-order valence-electron chi connectivity index (χ1n) is 9.73. The Kier molecular flexibility index (Phi) is 9.18. The smallest absolute Gasteiger partial charge is 0.242 e. The molecule has 164 valence electrons. The van der Waals surface area contributed by atoms with Gasteiger partial charge in [0.2, 0.25) is 11.8 Å². The molecule has 2 N–H and O–H groups in total. The Morgan fingerprint density at radius 1 is 1.31 bits per heavy atom. The Morgan fingerprint density at radius 3 is 2.62 bits per heavy atom. The van der Waals surface area contributed by atoms with E-state index in [0.717, 1.165) is 47.2 Å². The third kappa shape index (κ3) is 4.95. The second kappa shape index (κ2) is 10.5. The van der Waals surface area contributed by atoms with Gasteiger partial charge in [-0.2, -0.15) is 0 Å². The Hall–Kier alpha value is -1.57. The van der Waals surface area contributed by atoms with Gasteiger partial charge in [-0.25, -0.2) is 9.67 Å². The Balaban J connectivity index is 0.00000210. The lowest BCUT2D eigenvalue weighted by atomic mass is 9.91. The first kappa shape index (κ1) is 25.5. The summed E-state index contributed by atoms with van der Waals surface area (Å²) in [6.45, 7) is 7.64. The number of hydrogen-bond acceptors (Lipinski definition) is 5. The van der Waals surface area contributed by atoms with Crippen molar-refractivity contribution >= 4 is 41.8 Å². The molecule has 1 amide bonds. The number of methoxy groups -OCH3 is 1. The maximum absolute atomic E-state index is 12.9. The summed E-state index contributed by atoms with van der Waals surface area (Å²) in [5, 5.41) is 5.32. The Bertz CT molecular complexity index is 855. The van der Waals surface area contributed by atoms with Crippen molar-refractivity contribution < 1.29 is 9.53 Å². The predicted molar refractivity (Wildman–Crippen MR) is 120 cm³/mol. The van der Waals surface area contributed by atoms with Crippen LogP contribution in [0.25, 0.3) is 11.0 Å². The van der Waals surface area contributed by atoms with Crippen molar-refractivity contribution in [2.75, 3.05) is 20.2 Å². The van der Waals surface area contributed by atoms with Gasteiger partial charge in [-0.1, -0.05) is 6.92 Å². The number of pyridine rings is 1. The molecule has 2 aromatic heterocycles. The highest BCUT2D eigenvalue weighted by atomic mass is 35.5. The third-order valence-corrected chi connectivity index (χ3v) is 5.88. The number of nitrogens with zero attached hydrogens (tertiary/aromatic N) is 4. The summed E-state index contributed by atoms with van der Waals surface area (Å²) in [7, 11) is 3.48. The van der Waals surface area contributed by atoms with Crippen molar-refractivity contribution in [2.24, 2.45) is 18.7 Å². The number of amides is 1. The fraction of sp³-hybridized carbons (Fsp3) is 0.650. The van der Waals surface area contributed by atoms with E-state index in [2.05, 4.69) is 18.9 Å². The van der Waals surface area contributed by atoms with E-state index in [0.29, 0.717) is 31.2 Å². The van der Waals surface area contributed by atoms with Crippen LogP contribution in [0.5, 0.6) is 5.88 Å². The van der Waals surface area contributed by atoms with Crippen LogP contribution in [0.3, 0.4) is 0 Å². The van der Waals surface area contributed by atoms with Crippen molar-refractivity contribution in [1.82, 2.24) is 19.7 Å². The van der Waals surface area contributed by atoms with Crippen LogP contribution in [0, 0.1) is 19.8 Å². The normalized spacial score (nSPS) is 18.9. The molecule has 2 atom stereocenters. The molecule has 0 radical (unpaired) electrons. The van der Waals surface area contributed by atoms with E-state index in [9.17, 15) is 4.79 Å². The molecule has 0 saturated carbocycles. The minimum Gasteiger partial charge on any atom is -0.479 e. The maximum Gasteiger partial charge on any atom is 0.242 e. The van der Waals surface area contributed by atoms with Gasteiger partial charge in [0.1, 0.15) is 0 Å². The Labute approximate surface area is 185 Å². The number of piperidine rings is 1. The van der Waals surface area contributed by atoms with Gasteiger partial charge < -0.3 is 15.4 Å². The van der Waals surface area contributed by atoms with Crippen LogP contribution in [0.2, 0.25) is 0 Å². The second-order valence-corrected chi connectivity index (χ2v) is 7.74. The fourth-order valence-electron chi connectivity index (χ4n) is 4.29. The second-order valence-electron chi connectivity index (χ2n) is 7.74. The highest BCUT2D eigenvalue weighted by Gasteiger charge is 2.29. The molecule has 9 heteroatoms. The molecule has 0 aliphatic carbocycles. The van der Waals surface area contributed by atoms with Gasteiger partial charge in [0.05, 0.1) is 12.5 Å². The number of likely N-dealkylation sites (tertiary alicyclic amines) is 1. The number of ether oxygens (including phenoxy) is 1. The van der Waals surface area contributed by atoms with Crippen LogP contribution in [0.4, 0.5) is 0 Å². The molecule has 1 fully saturated rings. The zero-order chi connectivity index (χ0) is 19.7. The van der Waals surface area contributed by atoms with E-state index in [1.54, 1.807) is 11.8 Å². The van der Waals surface area contributed by atoms with Gasteiger partial charge in [0, 0.05) is 38.3 Å². The molecule has 29 heavy (non-hydrogen) atoms. The average molecular weight is 446 g/mol. The number of aromatic nitrogens is 3. The van der Waals surface area contributed by atoms with Crippen LogP contribution < -0.4 is 10.5 Å². The number of aryl methyl sites for hydroxylation is 3.